The first-order valence-corrected chi connectivity index (χ1v) is 4.27. The van der Waals surface area contributed by atoms with Crippen LogP contribution in [-0.4, -0.2) is 6.10 Å². The Bertz CT molecular complexity index is 225. The molecule has 0 aromatic heterocycles. The minimum Gasteiger partial charge on any atom is -0.493 e. The Hall–Kier alpha value is -0.720. The van der Waals surface area contributed by atoms with Gasteiger partial charge in [-0.1, -0.05) is 5.57 Å². The molecule has 1 aliphatic carbocycles. The predicted molar refractivity (Wildman–Crippen MR) is 45.1 cm³/mol. The smallest absolute Gasteiger partial charge is 0.123 e. The summed E-state index contributed by atoms with van der Waals surface area (Å²) in [5.74, 6) is 0.679. The van der Waals surface area contributed by atoms with Crippen molar-refractivity contribution < 1.29 is 4.74 Å². The summed E-state index contributed by atoms with van der Waals surface area (Å²) in [5.41, 5.74) is 2.90. The highest BCUT2D eigenvalue weighted by Gasteiger charge is 2.29. The van der Waals surface area contributed by atoms with Crippen LogP contribution < -0.4 is 0 Å². The van der Waals surface area contributed by atoms with Gasteiger partial charge in [0.15, 0.2) is 0 Å². The molecule has 1 heteroatoms. The van der Waals surface area contributed by atoms with Gasteiger partial charge in [-0.15, -0.1) is 0 Å². The highest BCUT2D eigenvalue weighted by Crippen LogP contribution is 2.35. The Morgan fingerprint density at radius 3 is 3.09 bits per heavy atom. The van der Waals surface area contributed by atoms with E-state index in [1.165, 1.54) is 24.0 Å². The van der Waals surface area contributed by atoms with Crippen molar-refractivity contribution in [1.82, 2.24) is 0 Å². The van der Waals surface area contributed by atoms with Crippen LogP contribution >= 0.6 is 0 Å². The topological polar surface area (TPSA) is 9.23 Å². The second kappa shape index (κ2) is 2.40. The van der Waals surface area contributed by atoms with Crippen molar-refractivity contribution in [2.45, 2.75) is 32.8 Å². The van der Waals surface area contributed by atoms with Gasteiger partial charge in [-0.25, -0.2) is 0 Å². The van der Waals surface area contributed by atoms with Crippen LogP contribution in [0.25, 0.3) is 0 Å². The van der Waals surface area contributed by atoms with Gasteiger partial charge in [0.25, 0.3) is 0 Å². The lowest BCUT2D eigenvalue weighted by Crippen LogP contribution is -2.19. The molecule has 0 aromatic rings. The van der Waals surface area contributed by atoms with E-state index in [1.807, 2.05) is 6.26 Å². The Kier molecular flexibility index (Phi) is 1.52. The van der Waals surface area contributed by atoms with Crippen LogP contribution in [0.3, 0.4) is 0 Å². The van der Waals surface area contributed by atoms with Crippen LogP contribution in [0.15, 0.2) is 23.5 Å². The van der Waals surface area contributed by atoms with Gasteiger partial charge in [0, 0.05) is 5.92 Å². The van der Waals surface area contributed by atoms with E-state index in [9.17, 15) is 0 Å². The molecular weight excluding hydrogens is 136 g/mol. The Morgan fingerprint density at radius 2 is 2.27 bits per heavy atom. The zero-order chi connectivity index (χ0) is 7.84. The maximum Gasteiger partial charge on any atom is 0.123 e. The molecule has 0 radical (unpaired) electrons. The molecule has 0 saturated heterocycles. The molecule has 2 rings (SSSR count). The largest absolute Gasteiger partial charge is 0.493 e. The number of rotatable bonds is 0. The molecule has 60 valence electrons. The first kappa shape index (κ1) is 6.96. The van der Waals surface area contributed by atoms with Crippen LogP contribution in [0.5, 0.6) is 0 Å². The number of allylic oxidation sites excluding steroid dienone is 1. The summed E-state index contributed by atoms with van der Waals surface area (Å²) in [6.07, 6.45) is 7.07. The number of ether oxygens (including phenoxy) is 1. The van der Waals surface area contributed by atoms with Crippen molar-refractivity contribution in [3.05, 3.63) is 23.5 Å². The van der Waals surface area contributed by atoms with Crippen LogP contribution in [0.2, 0.25) is 0 Å². The molecule has 0 N–H and O–H groups in total. The van der Waals surface area contributed by atoms with Crippen molar-refractivity contribution in [3.63, 3.8) is 0 Å². The molecule has 2 aliphatic rings. The molecule has 0 bridgehead atoms. The fourth-order valence-electron chi connectivity index (χ4n) is 1.92. The molecule has 0 saturated carbocycles. The second-order valence-corrected chi connectivity index (χ2v) is 3.62. The highest BCUT2D eigenvalue weighted by atomic mass is 16.5. The number of hydrogen-bond donors (Lipinski definition) is 0. The highest BCUT2D eigenvalue weighted by molar-refractivity contribution is 5.20. The molecule has 11 heavy (non-hydrogen) atoms. The lowest BCUT2D eigenvalue weighted by molar-refractivity contribution is 0.166. The van der Waals surface area contributed by atoms with Gasteiger partial charge in [0.1, 0.15) is 6.10 Å². The van der Waals surface area contributed by atoms with Crippen molar-refractivity contribution in [1.29, 1.82) is 0 Å². The summed E-state index contributed by atoms with van der Waals surface area (Å²) < 4.78 is 5.50. The van der Waals surface area contributed by atoms with Crippen molar-refractivity contribution in [2.24, 2.45) is 5.92 Å². The third kappa shape index (κ3) is 1.09. The van der Waals surface area contributed by atoms with Gasteiger partial charge in [-0.3, -0.25) is 0 Å². The molecule has 1 nitrogen and oxygen atoms in total. The van der Waals surface area contributed by atoms with Crippen LogP contribution in [-0.2, 0) is 4.74 Å². The SMILES string of the molecule is CC1=C[C@H]2OC=C(C)[C@H]2CC1. The van der Waals surface area contributed by atoms with E-state index in [2.05, 4.69) is 19.9 Å². The van der Waals surface area contributed by atoms with E-state index in [1.54, 1.807) is 0 Å². The van der Waals surface area contributed by atoms with Gasteiger partial charge < -0.3 is 4.74 Å². The summed E-state index contributed by atoms with van der Waals surface area (Å²) >= 11 is 0. The van der Waals surface area contributed by atoms with Crippen molar-refractivity contribution >= 4 is 0 Å². The van der Waals surface area contributed by atoms with Gasteiger partial charge in [0.2, 0.25) is 0 Å². The van der Waals surface area contributed by atoms with Crippen LogP contribution in [0.1, 0.15) is 26.7 Å². The van der Waals surface area contributed by atoms with E-state index in [0.717, 1.165) is 0 Å². The summed E-state index contributed by atoms with van der Waals surface area (Å²) in [6, 6.07) is 0. The normalized spacial score (nSPS) is 35.5. The summed E-state index contributed by atoms with van der Waals surface area (Å²) in [4.78, 5) is 0. The molecular formula is C10H14O. The van der Waals surface area contributed by atoms with E-state index in [-0.39, 0.29) is 0 Å². The lowest BCUT2D eigenvalue weighted by atomic mass is 9.85. The average molecular weight is 150 g/mol. The quantitative estimate of drug-likeness (QED) is 0.482. The minimum atomic E-state index is 0.365. The monoisotopic (exact) mass is 150 g/mol. The maximum atomic E-state index is 5.50. The summed E-state index contributed by atoms with van der Waals surface area (Å²) in [6.45, 7) is 4.35. The van der Waals surface area contributed by atoms with Crippen LogP contribution in [0, 0.1) is 5.92 Å². The number of fused-ring (bicyclic) bond motifs is 1. The second-order valence-electron chi connectivity index (χ2n) is 3.62. The zero-order valence-corrected chi connectivity index (χ0v) is 7.13. The average Bonchev–Trinajstić information content (AvgIpc) is 2.32. The van der Waals surface area contributed by atoms with E-state index < -0.39 is 0 Å². The Balaban J connectivity index is 2.20. The molecule has 0 amide bonds. The minimum absolute atomic E-state index is 0.365. The molecule has 0 spiro atoms. The Morgan fingerprint density at radius 1 is 1.45 bits per heavy atom. The fraction of sp³-hybridized carbons (Fsp3) is 0.600. The Labute approximate surface area is 67.7 Å². The van der Waals surface area contributed by atoms with E-state index >= 15 is 0 Å². The van der Waals surface area contributed by atoms with Gasteiger partial charge >= 0.3 is 0 Å². The predicted octanol–water partition coefficient (Wildman–Crippen LogP) is 2.65. The first-order chi connectivity index (χ1) is 5.27. The molecule has 0 aromatic carbocycles. The first-order valence-electron chi connectivity index (χ1n) is 4.27. The fourth-order valence-corrected chi connectivity index (χ4v) is 1.92. The van der Waals surface area contributed by atoms with Gasteiger partial charge in [0.05, 0.1) is 6.26 Å². The molecule has 1 heterocycles. The zero-order valence-electron chi connectivity index (χ0n) is 7.13. The number of hydrogen-bond acceptors (Lipinski definition) is 1. The summed E-state index contributed by atoms with van der Waals surface area (Å²) in [7, 11) is 0. The molecule has 2 atom stereocenters. The van der Waals surface area contributed by atoms with Gasteiger partial charge in [-0.05, 0) is 38.3 Å². The maximum absolute atomic E-state index is 5.50. The van der Waals surface area contributed by atoms with Crippen LogP contribution in [0.4, 0.5) is 0 Å². The lowest BCUT2D eigenvalue weighted by Gasteiger charge is -2.22. The van der Waals surface area contributed by atoms with E-state index in [0.29, 0.717) is 12.0 Å². The standard InChI is InChI=1S/C10H14O/c1-7-3-4-9-8(2)6-11-10(9)5-7/h5-6,9-10H,3-4H2,1-2H3/t9-,10-/m1/s1. The summed E-state index contributed by atoms with van der Waals surface area (Å²) in [5, 5.41) is 0. The molecule has 0 unspecified atom stereocenters. The molecule has 1 aliphatic heterocycles. The van der Waals surface area contributed by atoms with E-state index in [4.69, 9.17) is 4.74 Å². The van der Waals surface area contributed by atoms with Crippen molar-refractivity contribution in [2.75, 3.05) is 0 Å². The third-order valence-corrected chi connectivity index (χ3v) is 2.69. The van der Waals surface area contributed by atoms with Crippen molar-refractivity contribution in [3.8, 4) is 0 Å². The molecule has 0 fully saturated rings. The van der Waals surface area contributed by atoms with Gasteiger partial charge in [-0.2, -0.15) is 0 Å². The third-order valence-electron chi connectivity index (χ3n) is 2.69.